The Morgan fingerprint density at radius 1 is 1.43 bits per heavy atom. The zero-order valence-corrected chi connectivity index (χ0v) is 8.42. The van der Waals surface area contributed by atoms with Crippen LogP contribution in [0.4, 0.5) is 0 Å². The van der Waals surface area contributed by atoms with Crippen LogP contribution in [0.5, 0.6) is 0 Å². The van der Waals surface area contributed by atoms with Crippen LogP contribution >= 0.6 is 0 Å². The van der Waals surface area contributed by atoms with Crippen LogP contribution in [0.2, 0.25) is 0 Å². The summed E-state index contributed by atoms with van der Waals surface area (Å²) in [6, 6.07) is 5.84. The molecule has 0 radical (unpaired) electrons. The minimum Gasteiger partial charge on any atom is -0.348 e. The Hall–Kier alpha value is -1.35. The second kappa shape index (κ2) is 2.82. The zero-order valence-electron chi connectivity index (χ0n) is 8.42. The molecule has 1 aliphatic rings. The Kier molecular flexibility index (Phi) is 1.86. The van der Waals surface area contributed by atoms with Gasteiger partial charge in [0.15, 0.2) is 0 Å². The first-order valence-corrected chi connectivity index (χ1v) is 4.69. The number of amides is 1. The van der Waals surface area contributed by atoms with Gasteiger partial charge in [-0.3, -0.25) is 4.79 Å². The Bertz CT molecular complexity index is 391. The molecule has 1 heterocycles. The summed E-state index contributed by atoms with van der Waals surface area (Å²) in [5, 5.41) is 2.78. The van der Waals surface area contributed by atoms with Gasteiger partial charge >= 0.3 is 0 Å². The number of rotatable bonds is 1. The third-order valence-electron chi connectivity index (χ3n) is 2.54. The highest BCUT2D eigenvalue weighted by atomic mass is 16.1. The van der Waals surface area contributed by atoms with Crippen molar-refractivity contribution in [2.75, 3.05) is 0 Å². The average molecular weight is 190 g/mol. The molecule has 1 aromatic rings. The molecule has 0 fully saturated rings. The number of fused-ring (bicyclic) bond motifs is 1. The fourth-order valence-electron chi connectivity index (χ4n) is 1.61. The number of hydrogen-bond acceptors (Lipinski definition) is 2. The molecule has 0 aromatic heterocycles. The Labute approximate surface area is 83.3 Å². The molecule has 0 saturated heterocycles. The molecular weight excluding hydrogens is 176 g/mol. The highest BCUT2D eigenvalue weighted by molar-refractivity contribution is 5.98. The third kappa shape index (κ3) is 1.40. The van der Waals surface area contributed by atoms with Crippen LogP contribution in [0.1, 0.15) is 35.3 Å². The quantitative estimate of drug-likeness (QED) is 0.697. The van der Waals surface area contributed by atoms with E-state index in [1.165, 1.54) is 0 Å². The van der Waals surface area contributed by atoms with E-state index < -0.39 is 5.54 Å². The van der Waals surface area contributed by atoms with Crippen LogP contribution in [0.3, 0.4) is 0 Å². The molecule has 3 heteroatoms. The summed E-state index contributed by atoms with van der Waals surface area (Å²) in [6.45, 7) is 4.50. The van der Waals surface area contributed by atoms with E-state index in [9.17, 15) is 4.79 Å². The summed E-state index contributed by atoms with van der Waals surface area (Å²) in [7, 11) is 0. The van der Waals surface area contributed by atoms with E-state index in [-0.39, 0.29) is 5.91 Å². The molecular formula is C11H14N2O. The summed E-state index contributed by atoms with van der Waals surface area (Å²) in [5.41, 5.74) is 8.39. The van der Waals surface area contributed by atoms with E-state index in [0.29, 0.717) is 6.54 Å². The predicted octanol–water partition coefficient (Wildman–Crippen LogP) is 1.12. The first kappa shape index (κ1) is 9.21. The van der Waals surface area contributed by atoms with Crippen molar-refractivity contribution in [1.29, 1.82) is 0 Å². The third-order valence-corrected chi connectivity index (χ3v) is 2.54. The van der Waals surface area contributed by atoms with E-state index in [1.54, 1.807) is 0 Å². The van der Waals surface area contributed by atoms with Crippen molar-refractivity contribution in [1.82, 2.24) is 5.32 Å². The number of benzene rings is 1. The SMILES string of the molecule is CC(C)(N)c1ccc2c(c1)C(=O)NC2. The van der Waals surface area contributed by atoms with E-state index in [1.807, 2.05) is 32.0 Å². The summed E-state index contributed by atoms with van der Waals surface area (Å²) in [6.07, 6.45) is 0. The van der Waals surface area contributed by atoms with Crippen molar-refractivity contribution in [2.45, 2.75) is 25.9 Å². The van der Waals surface area contributed by atoms with Gasteiger partial charge in [-0.25, -0.2) is 0 Å². The smallest absolute Gasteiger partial charge is 0.251 e. The summed E-state index contributed by atoms with van der Waals surface area (Å²) >= 11 is 0. The van der Waals surface area contributed by atoms with E-state index in [2.05, 4.69) is 5.32 Å². The van der Waals surface area contributed by atoms with Gasteiger partial charge in [0.2, 0.25) is 0 Å². The first-order chi connectivity index (χ1) is 6.48. The lowest BCUT2D eigenvalue weighted by Gasteiger charge is -2.19. The van der Waals surface area contributed by atoms with Crippen LogP contribution < -0.4 is 11.1 Å². The average Bonchev–Trinajstić information content (AvgIpc) is 2.46. The molecule has 14 heavy (non-hydrogen) atoms. The summed E-state index contributed by atoms with van der Waals surface area (Å²) in [5.74, 6) is 0.00565. The highest BCUT2D eigenvalue weighted by Gasteiger charge is 2.22. The van der Waals surface area contributed by atoms with Gasteiger partial charge in [-0.05, 0) is 31.0 Å². The molecule has 3 N–H and O–H groups in total. The lowest BCUT2D eigenvalue weighted by atomic mass is 9.93. The van der Waals surface area contributed by atoms with Crippen LogP contribution in [0, 0.1) is 0 Å². The Balaban J connectivity index is 2.50. The molecule has 1 amide bonds. The maximum absolute atomic E-state index is 11.4. The molecule has 1 aromatic carbocycles. The minimum absolute atomic E-state index is 0.00565. The molecule has 74 valence electrons. The van der Waals surface area contributed by atoms with Crippen molar-refractivity contribution in [3.05, 3.63) is 34.9 Å². The molecule has 0 atom stereocenters. The van der Waals surface area contributed by atoms with Crippen LogP contribution in [-0.4, -0.2) is 5.91 Å². The monoisotopic (exact) mass is 190 g/mol. The van der Waals surface area contributed by atoms with E-state index in [0.717, 1.165) is 16.7 Å². The number of carbonyl (C=O) groups is 1. The van der Waals surface area contributed by atoms with Gasteiger partial charge in [0.05, 0.1) is 0 Å². The van der Waals surface area contributed by atoms with Crippen molar-refractivity contribution >= 4 is 5.91 Å². The number of nitrogens with two attached hydrogens (primary N) is 1. The molecule has 0 saturated carbocycles. The van der Waals surface area contributed by atoms with Crippen molar-refractivity contribution in [3.63, 3.8) is 0 Å². The molecule has 0 bridgehead atoms. The van der Waals surface area contributed by atoms with Crippen molar-refractivity contribution in [3.8, 4) is 0 Å². The lowest BCUT2D eigenvalue weighted by Crippen LogP contribution is -2.28. The fraction of sp³-hybridized carbons (Fsp3) is 0.364. The van der Waals surface area contributed by atoms with Gasteiger partial charge in [0.25, 0.3) is 5.91 Å². The number of hydrogen-bond donors (Lipinski definition) is 2. The predicted molar refractivity (Wildman–Crippen MR) is 54.8 cm³/mol. The Morgan fingerprint density at radius 2 is 2.14 bits per heavy atom. The highest BCUT2D eigenvalue weighted by Crippen LogP contribution is 2.23. The maximum Gasteiger partial charge on any atom is 0.251 e. The van der Waals surface area contributed by atoms with Gasteiger partial charge in [-0.1, -0.05) is 12.1 Å². The lowest BCUT2D eigenvalue weighted by molar-refractivity contribution is 0.0965. The number of carbonyl (C=O) groups excluding carboxylic acids is 1. The number of nitrogens with one attached hydrogen (secondary N) is 1. The molecule has 1 aliphatic heterocycles. The molecule has 0 aliphatic carbocycles. The van der Waals surface area contributed by atoms with Crippen LogP contribution in [0.25, 0.3) is 0 Å². The van der Waals surface area contributed by atoms with E-state index in [4.69, 9.17) is 5.73 Å². The first-order valence-electron chi connectivity index (χ1n) is 4.69. The van der Waals surface area contributed by atoms with Crippen LogP contribution in [-0.2, 0) is 12.1 Å². The molecule has 0 unspecified atom stereocenters. The van der Waals surface area contributed by atoms with Gasteiger partial charge in [-0.2, -0.15) is 0 Å². The summed E-state index contributed by atoms with van der Waals surface area (Å²) in [4.78, 5) is 11.4. The molecule has 0 spiro atoms. The Morgan fingerprint density at radius 3 is 2.79 bits per heavy atom. The van der Waals surface area contributed by atoms with Crippen molar-refractivity contribution in [2.24, 2.45) is 5.73 Å². The normalized spacial score (nSPS) is 15.2. The second-order valence-electron chi connectivity index (χ2n) is 4.28. The fourth-order valence-corrected chi connectivity index (χ4v) is 1.61. The van der Waals surface area contributed by atoms with Gasteiger partial charge in [0.1, 0.15) is 0 Å². The molecule has 3 nitrogen and oxygen atoms in total. The maximum atomic E-state index is 11.4. The standard InChI is InChI=1S/C11H14N2O/c1-11(2,12)8-4-3-7-6-13-10(14)9(7)5-8/h3-5H,6,12H2,1-2H3,(H,13,14). The summed E-state index contributed by atoms with van der Waals surface area (Å²) < 4.78 is 0. The van der Waals surface area contributed by atoms with Crippen molar-refractivity contribution < 1.29 is 4.79 Å². The van der Waals surface area contributed by atoms with Gasteiger partial charge < -0.3 is 11.1 Å². The largest absolute Gasteiger partial charge is 0.348 e. The second-order valence-corrected chi connectivity index (χ2v) is 4.28. The van der Waals surface area contributed by atoms with Gasteiger partial charge in [-0.15, -0.1) is 0 Å². The zero-order chi connectivity index (χ0) is 10.3. The minimum atomic E-state index is -0.391. The topological polar surface area (TPSA) is 55.1 Å². The van der Waals surface area contributed by atoms with E-state index >= 15 is 0 Å². The molecule has 2 rings (SSSR count). The van der Waals surface area contributed by atoms with Gasteiger partial charge in [0, 0.05) is 17.6 Å². The van der Waals surface area contributed by atoms with Crippen LogP contribution in [0.15, 0.2) is 18.2 Å².